The molecule has 1 atom stereocenters. The topological polar surface area (TPSA) is 53.2 Å². The van der Waals surface area contributed by atoms with E-state index in [1.807, 2.05) is 6.92 Å². The van der Waals surface area contributed by atoms with Gasteiger partial charge >= 0.3 is 0 Å². The molecule has 1 aromatic rings. The zero-order chi connectivity index (χ0) is 11.4. The molecule has 0 radical (unpaired) electrons. The van der Waals surface area contributed by atoms with Crippen molar-refractivity contribution in [1.82, 2.24) is 9.88 Å². The molecular weight excluding hydrogens is 260 g/mol. The van der Waals surface area contributed by atoms with Crippen molar-refractivity contribution in [2.45, 2.75) is 11.8 Å². The maximum absolute atomic E-state index is 11.8. The van der Waals surface area contributed by atoms with Crippen LogP contribution in [0.25, 0.3) is 0 Å². The van der Waals surface area contributed by atoms with Gasteiger partial charge in [0.15, 0.2) is 5.43 Å². The number of carbonyl (C=O) groups is 1. The summed E-state index contributed by atoms with van der Waals surface area (Å²) in [5.74, 6) is -0.261. The summed E-state index contributed by atoms with van der Waals surface area (Å²) in [5.41, 5.74) is -0.0824. The van der Waals surface area contributed by atoms with E-state index in [1.54, 1.807) is 7.05 Å². The Morgan fingerprint density at radius 2 is 2.33 bits per heavy atom. The summed E-state index contributed by atoms with van der Waals surface area (Å²) in [4.78, 5) is 27.6. The number of H-pyrrole nitrogens is 1. The summed E-state index contributed by atoms with van der Waals surface area (Å²) in [6.45, 7) is 2.51. The lowest BCUT2D eigenvalue weighted by Crippen LogP contribution is -2.34. The predicted molar refractivity (Wildman–Crippen MR) is 62.4 cm³/mol. The largest absolute Gasteiger partial charge is 0.367 e. The number of aromatic nitrogens is 1. The number of pyridine rings is 1. The van der Waals surface area contributed by atoms with Gasteiger partial charge in [-0.3, -0.25) is 9.59 Å². The van der Waals surface area contributed by atoms with Crippen LogP contribution >= 0.6 is 15.9 Å². The second-order valence-electron chi connectivity index (χ2n) is 3.39. The SMILES string of the molecule is CC(Br)CN(C)C(=O)c1c[nH]ccc1=O. The maximum atomic E-state index is 11.8. The molecule has 0 aliphatic carbocycles. The van der Waals surface area contributed by atoms with Gasteiger partial charge in [0.25, 0.3) is 5.91 Å². The molecule has 0 aliphatic heterocycles. The molecule has 0 aromatic carbocycles. The Morgan fingerprint density at radius 1 is 1.67 bits per heavy atom. The van der Waals surface area contributed by atoms with Crippen molar-refractivity contribution in [2.75, 3.05) is 13.6 Å². The third-order valence-corrected chi connectivity index (χ3v) is 2.22. The van der Waals surface area contributed by atoms with E-state index >= 15 is 0 Å². The van der Waals surface area contributed by atoms with E-state index in [1.165, 1.54) is 23.4 Å². The molecule has 82 valence electrons. The third-order valence-electron chi connectivity index (χ3n) is 1.93. The second-order valence-corrected chi connectivity index (χ2v) is 4.95. The third kappa shape index (κ3) is 3.20. The highest BCUT2D eigenvalue weighted by Crippen LogP contribution is 2.02. The van der Waals surface area contributed by atoms with Crippen molar-refractivity contribution in [1.29, 1.82) is 0 Å². The lowest BCUT2D eigenvalue weighted by Gasteiger charge is -2.17. The van der Waals surface area contributed by atoms with Gasteiger partial charge < -0.3 is 9.88 Å². The normalized spacial score (nSPS) is 12.2. The lowest BCUT2D eigenvalue weighted by atomic mass is 10.2. The average Bonchev–Trinajstić information content (AvgIpc) is 2.16. The molecule has 0 fully saturated rings. The van der Waals surface area contributed by atoms with Gasteiger partial charge in [-0.2, -0.15) is 0 Å². The summed E-state index contributed by atoms with van der Waals surface area (Å²) < 4.78 is 0. The molecular formula is C10H13BrN2O2. The number of hydrogen-bond acceptors (Lipinski definition) is 2. The van der Waals surface area contributed by atoms with E-state index in [9.17, 15) is 9.59 Å². The second kappa shape index (κ2) is 5.11. The number of carbonyl (C=O) groups excluding carboxylic acids is 1. The van der Waals surface area contributed by atoms with E-state index in [0.717, 1.165) is 0 Å². The van der Waals surface area contributed by atoms with Gasteiger partial charge in [-0.05, 0) is 0 Å². The van der Waals surface area contributed by atoms with Crippen LogP contribution < -0.4 is 5.43 Å². The maximum Gasteiger partial charge on any atom is 0.259 e. The number of amides is 1. The number of halogens is 1. The Morgan fingerprint density at radius 3 is 2.87 bits per heavy atom. The van der Waals surface area contributed by atoms with Gasteiger partial charge in [0.2, 0.25) is 0 Å². The monoisotopic (exact) mass is 272 g/mol. The smallest absolute Gasteiger partial charge is 0.259 e. The van der Waals surface area contributed by atoms with Crippen molar-refractivity contribution in [2.24, 2.45) is 0 Å². The summed E-state index contributed by atoms with van der Waals surface area (Å²) in [6.07, 6.45) is 2.94. The standard InChI is InChI=1S/C10H13BrN2O2/c1-7(11)6-13(2)10(15)8-5-12-4-3-9(8)14/h3-5,7H,6H2,1-2H3,(H,12,14). The summed E-state index contributed by atoms with van der Waals surface area (Å²) in [5, 5.41) is 0. The average molecular weight is 273 g/mol. The summed E-state index contributed by atoms with van der Waals surface area (Å²) >= 11 is 3.35. The van der Waals surface area contributed by atoms with Crippen LogP contribution in [0.1, 0.15) is 17.3 Å². The van der Waals surface area contributed by atoms with Crippen LogP contribution in [0.2, 0.25) is 0 Å². The van der Waals surface area contributed by atoms with Gasteiger partial charge in [0.1, 0.15) is 5.56 Å². The first-order chi connectivity index (χ1) is 7.02. The van der Waals surface area contributed by atoms with Crippen LogP contribution in [0.4, 0.5) is 0 Å². The highest BCUT2D eigenvalue weighted by molar-refractivity contribution is 9.09. The van der Waals surface area contributed by atoms with Gasteiger partial charge in [-0.25, -0.2) is 0 Å². The summed E-state index contributed by atoms with van der Waals surface area (Å²) in [6, 6.07) is 1.35. The lowest BCUT2D eigenvalue weighted by molar-refractivity contribution is 0.0795. The summed E-state index contributed by atoms with van der Waals surface area (Å²) in [7, 11) is 1.67. The molecule has 0 bridgehead atoms. The minimum atomic E-state index is -0.261. The molecule has 1 amide bonds. The molecule has 1 heterocycles. The van der Waals surface area contributed by atoms with Gasteiger partial charge in [0.05, 0.1) is 0 Å². The van der Waals surface area contributed by atoms with Crippen LogP contribution in [-0.4, -0.2) is 34.2 Å². The number of nitrogens with zero attached hydrogens (tertiary/aromatic N) is 1. The fourth-order valence-corrected chi connectivity index (χ4v) is 1.68. The zero-order valence-electron chi connectivity index (χ0n) is 8.66. The first-order valence-corrected chi connectivity index (χ1v) is 5.50. The Kier molecular flexibility index (Phi) is 4.08. The van der Waals surface area contributed by atoms with Gasteiger partial charge in [0, 0.05) is 36.9 Å². The van der Waals surface area contributed by atoms with Crippen LogP contribution in [0.3, 0.4) is 0 Å². The van der Waals surface area contributed by atoms with E-state index < -0.39 is 0 Å². The molecule has 1 unspecified atom stereocenters. The van der Waals surface area contributed by atoms with Crippen LogP contribution in [0.5, 0.6) is 0 Å². The molecule has 0 aliphatic rings. The minimum absolute atomic E-state index is 0.174. The van der Waals surface area contributed by atoms with Gasteiger partial charge in [-0.1, -0.05) is 22.9 Å². The molecule has 0 spiro atoms. The first-order valence-electron chi connectivity index (χ1n) is 4.59. The predicted octanol–water partition coefficient (Wildman–Crippen LogP) is 1.23. The number of hydrogen-bond donors (Lipinski definition) is 1. The number of aromatic amines is 1. The van der Waals surface area contributed by atoms with Crippen molar-refractivity contribution in [3.05, 3.63) is 34.2 Å². The van der Waals surface area contributed by atoms with Crippen LogP contribution in [0.15, 0.2) is 23.3 Å². The van der Waals surface area contributed by atoms with Crippen molar-refractivity contribution in [3.63, 3.8) is 0 Å². The fourth-order valence-electron chi connectivity index (χ4n) is 1.25. The quantitative estimate of drug-likeness (QED) is 0.842. The molecule has 1 N–H and O–H groups in total. The Hall–Kier alpha value is -1.10. The van der Waals surface area contributed by atoms with E-state index in [2.05, 4.69) is 20.9 Å². The van der Waals surface area contributed by atoms with Crippen LogP contribution in [-0.2, 0) is 0 Å². The minimum Gasteiger partial charge on any atom is -0.367 e. The molecule has 0 saturated carbocycles. The van der Waals surface area contributed by atoms with Crippen LogP contribution in [0, 0.1) is 0 Å². The highest BCUT2D eigenvalue weighted by Gasteiger charge is 2.15. The number of nitrogens with one attached hydrogen (secondary N) is 1. The molecule has 4 nitrogen and oxygen atoms in total. The molecule has 1 rings (SSSR count). The van der Waals surface area contributed by atoms with Crippen molar-refractivity contribution < 1.29 is 4.79 Å². The van der Waals surface area contributed by atoms with Crippen molar-refractivity contribution >= 4 is 21.8 Å². The Labute approximate surface area is 96.4 Å². The number of rotatable bonds is 3. The fraction of sp³-hybridized carbons (Fsp3) is 0.400. The van der Waals surface area contributed by atoms with Gasteiger partial charge in [-0.15, -0.1) is 0 Å². The molecule has 5 heteroatoms. The Bertz CT molecular complexity index is 400. The molecule has 1 aromatic heterocycles. The highest BCUT2D eigenvalue weighted by atomic mass is 79.9. The van der Waals surface area contributed by atoms with Crippen molar-refractivity contribution in [3.8, 4) is 0 Å². The Balaban J connectivity index is 2.86. The van der Waals surface area contributed by atoms with E-state index in [4.69, 9.17) is 0 Å². The first kappa shape index (κ1) is 12.0. The zero-order valence-corrected chi connectivity index (χ0v) is 10.2. The molecule has 0 saturated heterocycles. The van der Waals surface area contributed by atoms with E-state index in [-0.39, 0.29) is 21.7 Å². The van der Waals surface area contributed by atoms with E-state index in [0.29, 0.717) is 6.54 Å². The molecule has 15 heavy (non-hydrogen) atoms. The number of alkyl halides is 1.